The van der Waals surface area contributed by atoms with Crippen molar-refractivity contribution in [3.05, 3.63) is 57.8 Å². The minimum Gasteiger partial charge on any atom is -0.507 e. The van der Waals surface area contributed by atoms with Crippen molar-refractivity contribution < 1.29 is 44.2 Å². The van der Waals surface area contributed by atoms with Gasteiger partial charge in [-0.15, -0.1) is 0 Å². The standard InChI is InChI=1S/C27H30O10/c1-12(2)5-10-16-17(28)11-18(29)19-21(31)26(37-27-23(33)22(32)20(30)13(3)35-27)24(36-25(16)19)14-6-8-15(34-4)9-7-14/h5-9,11,13,20,22-23,27-30,32-33H,10H2,1-4H3/t13?,20-,22-,23?,27-/m0/s1. The number of phenolic OH excluding ortho intramolecular Hbond substituents is 2. The number of allylic oxidation sites excluding steroid dienone is 2. The number of phenols is 2. The van der Waals surface area contributed by atoms with Crippen molar-refractivity contribution >= 4 is 11.0 Å². The van der Waals surface area contributed by atoms with Gasteiger partial charge >= 0.3 is 0 Å². The number of aliphatic hydroxyl groups excluding tert-OH is 3. The van der Waals surface area contributed by atoms with E-state index in [2.05, 4.69) is 0 Å². The van der Waals surface area contributed by atoms with Crippen LogP contribution in [0.15, 0.2) is 51.2 Å². The molecule has 2 unspecified atom stereocenters. The Morgan fingerprint density at radius 3 is 2.32 bits per heavy atom. The number of aliphatic hydroxyl groups is 3. The van der Waals surface area contributed by atoms with Crippen LogP contribution in [0.25, 0.3) is 22.3 Å². The topological polar surface area (TPSA) is 159 Å². The molecule has 1 fully saturated rings. The predicted octanol–water partition coefficient (Wildman–Crippen LogP) is 2.59. The van der Waals surface area contributed by atoms with E-state index in [0.29, 0.717) is 11.3 Å². The van der Waals surface area contributed by atoms with Gasteiger partial charge in [-0.1, -0.05) is 11.6 Å². The van der Waals surface area contributed by atoms with Gasteiger partial charge in [0.05, 0.1) is 13.2 Å². The molecule has 10 nitrogen and oxygen atoms in total. The molecule has 1 aromatic heterocycles. The molecule has 2 heterocycles. The number of fused-ring (bicyclic) bond motifs is 1. The largest absolute Gasteiger partial charge is 0.507 e. The second-order valence-corrected chi connectivity index (χ2v) is 9.20. The quantitative estimate of drug-likeness (QED) is 0.310. The molecule has 0 radical (unpaired) electrons. The van der Waals surface area contributed by atoms with E-state index >= 15 is 0 Å². The van der Waals surface area contributed by atoms with Crippen LogP contribution in [-0.4, -0.2) is 63.3 Å². The average molecular weight is 515 g/mol. The van der Waals surface area contributed by atoms with Gasteiger partial charge in [-0.2, -0.15) is 0 Å². The van der Waals surface area contributed by atoms with E-state index in [1.54, 1.807) is 24.3 Å². The molecule has 1 aliphatic heterocycles. The number of ether oxygens (including phenoxy) is 3. The first-order chi connectivity index (χ1) is 17.5. The van der Waals surface area contributed by atoms with E-state index in [9.17, 15) is 30.3 Å². The van der Waals surface area contributed by atoms with E-state index in [1.807, 2.05) is 19.9 Å². The normalized spacial score (nSPS) is 23.6. The summed E-state index contributed by atoms with van der Waals surface area (Å²) in [6.45, 7) is 5.24. The molecule has 0 amide bonds. The minimum atomic E-state index is -1.69. The van der Waals surface area contributed by atoms with Gasteiger partial charge in [0.2, 0.25) is 17.5 Å². The molecular weight excluding hydrogens is 484 g/mol. The van der Waals surface area contributed by atoms with Crippen LogP contribution >= 0.6 is 0 Å². The summed E-state index contributed by atoms with van der Waals surface area (Å²) < 4.78 is 22.7. The van der Waals surface area contributed by atoms with Gasteiger partial charge in [0.25, 0.3) is 0 Å². The number of hydrogen-bond acceptors (Lipinski definition) is 10. The van der Waals surface area contributed by atoms with Crippen LogP contribution in [0.4, 0.5) is 0 Å². The first-order valence-electron chi connectivity index (χ1n) is 11.7. The molecule has 0 saturated carbocycles. The summed E-state index contributed by atoms with van der Waals surface area (Å²) in [4.78, 5) is 13.8. The smallest absolute Gasteiger partial charge is 0.239 e. The zero-order valence-electron chi connectivity index (χ0n) is 20.8. The van der Waals surface area contributed by atoms with Crippen molar-refractivity contribution in [1.82, 2.24) is 0 Å². The van der Waals surface area contributed by atoms with Crippen molar-refractivity contribution in [3.8, 4) is 34.3 Å². The summed E-state index contributed by atoms with van der Waals surface area (Å²) in [5, 5.41) is 51.6. The highest BCUT2D eigenvalue weighted by Gasteiger charge is 2.44. The molecule has 37 heavy (non-hydrogen) atoms. The van der Waals surface area contributed by atoms with Crippen LogP contribution in [0.3, 0.4) is 0 Å². The molecule has 4 rings (SSSR count). The van der Waals surface area contributed by atoms with Crippen LogP contribution in [0.5, 0.6) is 23.0 Å². The molecule has 2 aromatic carbocycles. The molecule has 1 aliphatic rings. The number of methoxy groups -OCH3 is 1. The Morgan fingerprint density at radius 2 is 1.70 bits per heavy atom. The zero-order chi connectivity index (χ0) is 27.0. The highest BCUT2D eigenvalue weighted by atomic mass is 16.7. The van der Waals surface area contributed by atoms with Gasteiger partial charge in [0.1, 0.15) is 46.5 Å². The summed E-state index contributed by atoms with van der Waals surface area (Å²) in [5.41, 5.74) is 0.828. The molecule has 0 bridgehead atoms. The molecule has 5 N–H and O–H groups in total. The van der Waals surface area contributed by atoms with Crippen LogP contribution in [0, 0.1) is 0 Å². The summed E-state index contributed by atoms with van der Waals surface area (Å²) >= 11 is 0. The van der Waals surface area contributed by atoms with Crippen LogP contribution in [0.2, 0.25) is 0 Å². The van der Waals surface area contributed by atoms with Gasteiger partial charge < -0.3 is 44.2 Å². The lowest BCUT2D eigenvalue weighted by atomic mass is 10.00. The summed E-state index contributed by atoms with van der Waals surface area (Å²) in [6, 6.07) is 7.57. The Hall–Kier alpha value is -3.57. The lowest BCUT2D eigenvalue weighted by Gasteiger charge is -2.38. The van der Waals surface area contributed by atoms with Gasteiger partial charge in [0.15, 0.2) is 5.76 Å². The average Bonchev–Trinajstić information content (AvgIpc) is 2.86. The Morgan fingerprint density at radius 1 is 1.03 bits per heavy atom. The Balaban J connectivity index is 1.96. The number of benzene rings is 2. The fraction of sp³-hybridized carbons (Fsp3) is 0.370. The Bertz CT molecular complexity index is 1370. The molecule has 10 heteroatoms. The highest BCUT2D eigenvalue weighted by Crippen LogP contribution is 2.40. The molecule has 0 aliphatic carbocycles. The third-order valence-corrected chi connectivity index (χ3v) is 6.29. The van der Waals surface area contributed by atoms with Gasteiger partial charge in [-0.3, -0.25) is 4.79 Å². The van der Waals surface area contributed by atoms with Gasteiger partial charge in [0, 0.05) is 17.2 Å². The molecule has 5 atom stereocenters. The SMILES string of the molecule is COc1ccc(-c2oc3c(CC=C(C)C)c(O)cc(O)c3c(=O)c2O[C@@H]2OC(C)[C@H](O)[C@H](O)C2O)cc1. The maximum atomic E-state index is 13.8. The van der Waals surface area contributed by atoms with E-state index in [0.717, 1.165) is 11.6 Å². The monoisotopic (exact) mass is 514 g/mol. The first kappa shape index (κ1) is 26.5. The van der Waals surface area contributed by atoms with Crippen LogP contribution in [0.1, 0.15) is 26.3 Å². The Labute approximate surface area is 212 Å². The highest BCUT2D eigenvalue weighted by molar-refractivity contribution is 5.91. The third kappa shape index (κ3) is 5.01. The summed E-state index contributed by atoms with van der Waals surface area (Å²) in [7, 11) is 1.50. The lowest BCUT2D eigenvalue weighted by Crippen LogP contribution is -2.58. The minimum absolute atomic E-state index is 0.0351. The third-order valence-electron chi connectivity index (χ3n) is 6.29. The first-order valence-corrected chi connectivity index (χ1v) is 11.7. The van der Waals surface area contributed by atoms with Crippen LogP contribution in [-0.2, 0) is 11.2 Å². The second kappa shape index (κ2) is 10.4. The van der Waals surface area contributed by atoms with Crippen molar-refractivity contribution in [3.63, 3.8) is 0 Å². The van der Waals surface area contributed by atoms with E-state index < -0.39 is 47.6 Å². The number of aromatic hydroxyl groups is 2. The predicted molar refractivity (Wildman–Crippen MR) is 134 cm³/mol. The molecular formula is C27H30O10. The summed E-state index contributed by atoms with van der Waals surface area (Å²) in [5.74, 6) is -0.690. The number of rotatable bonds is 6. The maximum Gasteiger partial charge on any atom is 0.239 e. The van der Waals surface area contributed by atoms with Crippen molar-refractivity contribution in [2.45, 2.75) is 57.9 Å². The van der Waals surface area contributed by atoms with Gasteiger partial charge in [-0.25, -0.2) is 0 Å². The maximum absolute atomic E-state index is 13.8. The lowest BCUT2D eigenvalue weighted by molar-refractivity contribution is -0.268. The molecule has 0 spiro atoms. The van der Waals surface area contributed by atoms with Crippen molar-refractivity contribution in [1.29, 1.82) is 0 Å². The van der Waals surface area contributed by atoms with Crippen LogP contribution < -0.4 is 14.9 Å². The second-order valence-electron chi connectivity index (χ2n) is 9.20. The fourth-order valence-electron chi connectivity index (χ4n) is 4.14. The fourth-order valence-corrected chi connectivity index (χ4v) is 4.14. The van der Waals surface area contributed by atoms with Gasteiger partial charge in [-0.05, 0) is 51.5 Å². The summed E-state index contributed by atoms with van der Waals surface area (Å²) in [6.07, 6.45) is -5.03. The zero-order valence-corrected chi connectivity index (χ0v) is 20.8. The molecule has 1 saturated heterocycles. The van der Waals surface area contributed by atoms with Crippen molar-refractivity contribution in [2.75, 3.05) is 7.11 Å². The number of hydrogen-bond donors (Lipinski definition) is 5. The van der Waals surface area contributed by atoms with E-state index in [4.69, 9.17) is 18.6 Å². The Kier molecular flexibility index (Phi) is 7.47. The van der Waals surface area contributed by atoms with E-state index in [1.165, 1.54) is 14.0 Å². The molecule has 198 valence electrons. The molecule has 3 aromatic rings. The van der Waals surface area contributed by atoms with Crippen molar-refractivity contribution in [2.24, 2.45) is 0 Å². The van der Waals surface area contributed by atoms with E-state index in [-0.39, 0.29) is 34.5 Å².